The summed E-state index contributed by atoms with van der Waals surface area (Å²) in [6, 6.07) is 0.302. The summed E-state index contributed by atoms with van der Waals surface area (Å²) < 4.78 is 5.01. The maximum atomic E-state index is 11.6. The molecule has 4 nitrogen and oxygen atoms in total. The third-order valence-corrected chi connectivity index (χ3v) is 2.96. The van der Waals surface area contributed by atoms with Crippen LogP contribution >= 0.6 is 0 Å². The molecule has 0 aliphatic carbocycles. The first kappa shape index (κ1) is 15.4. The number of rotatable bonds is 8. The lowest BCUT2D eigenvalue weighted by atomic mass is 10.1. The van der Waals surface area contributed by atoms with Crippen molar-refractivity contribution in [3.63, 3.8) is 0 Å². The SMILES string of the molecule is CCOC(=O)C(CN(C)C(CC)CC)NC. The average Bonchev–Trinajstić information content (AvgIpc) is 2.27. The first-order valence-corrected chi connectivity index (χ1v) is 6.14. The summed E-state index contributed by atoms with van der Waals surface area (Å²) in [6.07, 6.45) is 2.21. The topological polar surface area (TPSA) is 41.6 Å². The molecule has 0 aromatic heterocycles. The summed E-state index contributed by atoms with van der Waals surface area (Å²) in [5.41, 5.74) is 0. The standard InChI is InChI=1S/C12H26N2O2/c1-6-10(7-2)14(5)9-11(13-4)12(15)16-8-3/h10-11,13H,6-9H2,1-5H3. The Kier molecular flexibility index (Phi) is 8.21. The van der Waals surface area contributed by atoms with E-state index in [2.05, 4.69) is 31.1 Å². The highest BCUT2D eigenvalue weighted by Gasteiger charge is 2.21. The van der Waals surface area contributed by atoms with Crippen molar-refractivity contribution in [1.82, 2.24) is 10.2 Å². The smallest absolute Gasteiger partial charge is 0.324 e. The Balaban J connectivity index is 4.24. The molecule has 0 rings (SSSR count). The predicted molar refractivity (Wildman–Crippen MR) is 66.5 cm³/mol. The highest BCUT2D eigenvalue weighted by Crippen LogP contribution is 2.07. The van der Waals surface area contributed by atoms with E-state index in [1.165, 1.54) is 0 Å². The molecule has 0 aromatic rings. The van der Waals surface area contributed by atoms with E-state index in [1.807, 2.05) is 6.92 Å². The molecule has 0 radical (unpaired) electrons. The fraction of sp³-hybridized carbons (Fsp3) is 0.917. The molecule has 0 saturated heterocycles. The molecule has 0 aromatic carbocycles. The molecular formula is C12H26N2O2. The monoisotopic (exact) mass is 230 g/mol. The van der Waals surface area contributed by atoms with Crippen molar-refractivity contribution in [2.75, 3.05) is 27.2 Å². The summed E-state index contributed by atoms with van der Waals surface area (Å²) in [7, 11) is 3.85. The Morgan fingerprint density at radius 2 is 1.88 bits per heavy atom. The van der Waals surface area contributed by atoms with Crippen molar-refractivity contribution in [3.05, 3.63) is 0 Å². The van der Waals surface area contributed by atoms with E-state index in [0.29, 0.717) is 19.2 Å². The normalized spacial score (nSPS) is 13.2. The molecular weight excluding hydrogens is 204 g/mol. The van der Waals surface area contributed by atoms with Gasteiger partial charge in [-0.25, -0.2) is 0 Å². The molecule has 16 heavy (non-hydrogen) atoms. The molecule has 0 bridgehead atoms. The zero-order valence-corrected chi connectivity index (χ0v) is 11.2. The van der Waals surface area contributed by atoms with E-state index in [4.69, 9.17) is 4.74 Å². The van der Waals surface area contributed by atoms with Crippen molar-refractivity contribution < 1.29 is 9.53 Å². The van der Waals surface area contributed by atoms with Crippen LogP contribution in [0.1, 0.15) is 33.6 Å². The lowest BCUT2D eigenvalue weighted by molar-refractivity contribution is -0.146. The fourth-order valence-corrected chi connectivity index (χ4v) is 1.88. The second-order valence-electron chi connectivity index (χ2n) is 4.00. The molecule has 1 atom stereocenters. The highest BCUT2D eigenvalue weighted by molar-refractivity contribution is 5.76. The van der Waals surface area contributed by atoms with Gasteiger partial charge in [-0.3, -0.25) is 4.79 Å². The van der Waals surface area contributed by atoms with E-state index in [1.54, 1.807) is 7.05 Å². The van der Waals surface area contributed by atoms with Gasteiger partial charge in [0.05, 0.1) is 6.61 Å². The number of hydrogen-bond acceptors (Lipinski definition) is 4. The third-order valence-electron chi connectivity index (χ3n) is 2.96. The minimum atomic E-state index is -0.231. The van der Waals surface area contributed by atoms with Crippen LogP contribution in [-0.4, -0.2) is 50.2 Å². The zero-order chi connectivity index (χ0) is 12.6. The number of hydrogen-bond donors (Lipinski definition) is 1. The molecule has 0 saturated carbocycles. The summed E-state index contributed by atoms with van der Waals surface area (Å²) in [5.74, 6) is -0.164. The van der Waals surface area contributed by atoms with Gasteiger partial charge < -0.3 is 15.0 Å². The van der Waals surface area contributed by atoms with E-state index in [0.717, 1.165) is 12.8 Å². The predicted octanol–water partition coefficient (Wildman–Crippen LogP) is 1.26. The number of likely N-dealkylation sites (N-methyl/N-ethyl adjacent to an activating group) is 2. The second-order valence-corrected chi connectivity index (χ2v) is 4.00. The minimum Gasteiger partial charge on any atom is -0.465 e. The summed E-state index contributed by atoms with van der Waals surface area (Å²) in [4.78, 5) is 13.8. The Hall–Kier alpha value is -0.610. The first-order chi connectivity index (χ1) is 7.60. The van der Waals surface area contributed by atoms with E-state index < -0.39 is 0 Å². The lowest BCUT2D eigenvalue weighted by Crippen LogP contribution is -2.47. The molecule has 0 fully saturated rings. The molecule has 0 amide bonds. The number of nitrogens with one attached hydrogen (secondary N) is 1. The average molecular weight is 230 g/mol. The van der Waals surface area contributed by atoms with Gasteiger partial charge in [0.25, 0.3) is 0 Å². The van der Waals surface area contributed by atoms with Crippen LogP contribution in [0.15, 0.2) is 0 Å². The molecule has 0 aliphatic heterocycles. The molecule has 0 aliphatic rings. The van der Waals surface area contributed by atoms with Crippen LogP contribution in [0, 0.1) is 0 Å². The number of carbonyl (C=O) groups excluding carboxylic acids is 1. The molecule has 4 heteroatoms. The van der Waals surface area contributed by atoms with Crippen molar-refractivity contribution >= 4 is 5.97 Å². The largest absolute Gasteiger partial charge is 0.465 e. The summed E-state index contributed by atoms with van der Waals surface area (Å²) in [6.45, 7) is 7.30. The van der Waals surface area contributed by atoms with Gasteiger partial charge in [0.15, 0.2) is 0 Å². The van der Waals surface area contributed by atoms with E-state index >= 15 is 0 Å². The van der Waals surface area contributed by atoms with Crippen molar-refractivity contribution in [1.29, 1.82) is 0 Å². The molecule has 0 heterocycles. The van der Waals surface area contributed by atoms with Gasteiger partial charge in [-0.1, -0.05) is 13.8 Å². The molecule has 0 spiro atoms. The van der Waals surface area contributed by atoms with Crippen LogP contribution < -0.4 is 5.32 Å². The Morgan fingerprint density at radius 3 is 2.25 bits per heavy atom. The zero-order valence-electron chi connectivity index (χ0n) is 11.2. The van der Waals surface area contributed by atoms with Crippen LogP contribution in [0.25, 0.3) is 0 Å². The van der Waals surface area contributed by atoms with Gasteiger partial charge in [0.2, 0.25) is 0 Å². The van der Waals surface area contributed by atoms with E-state index in [9.17, 15) is 4.79 Å². The van der Waals surface area contributed by atoms with Gasteiger partial charge in [-0.15, -0.1) is 0 Å². The Bertz CT molecular complexity index is 193. The van der Waals surface area contributed by atoms with Crippen LogP contribution in [0.3, 0.4) is 0 Å². The van der Waals surface area contributed by atoms with Crippen LogP contribution in [0.4, 0.5) is 0 Å². The lowest BCUT2D eigenvalue weighted by Gasteiger charge is -2.29. The fourth-order valence-electron chi connectivity index (χ4n) is 1.88. The maximum absolute atomic E-state index is 11.6. The quantitative estimate of drug-likeness (QED) is 0.637. The number of ether oxygens (including phenoxy) is 1. The first-order valence-electron chi connectivity index (χ1n) is 6.14. The third kappa shape index (κ3) is 4.94. The second kappa shape index (κ2) is 8.53. The highest BCUT2D eigenvalue weighted by atomic mass is 16.5. The van der Waals surface area contributed by atoms with Crippen LogP contribution in [-0.2, 0) is 9.53 Å². The minimum absolute atomic E-state index is 0.164. The van der Waals surface area contributed by atoms with Crippen molar-refractivity contribution in [2.24, 2.45) is 0 Å². The molecule has 96 valence electrons. The molecule has 1 N–H and O–H groups in total. The van der Waals surface area contributed by atoms with Crippen LogP contribution in [0.2, 0.25) is 0 Å². The number of esters is 1. The Morgan fingerprint density at radius 1 is 1.31 bits per heavy atom. The van der Waals surface area contributed by atoms with Gasteiger partial charge in [-0.05, 0) is 33.9 Å². The summed E-state index contributed by atoms with van der Waals surface area (Å²) in [5, 5.41) is 3.00. The van der Waals surface area contributed by atoms with Gasteiger partial charge in [0, 0.05) is 12.6 Å². The molecule has 1 unspecified atom stereocenters. The number of carbonyl (C=O) groups is 1. The Labute approximate surface area is 99.3 Å². The van der Waals surface area contributed by atoms with Gasteiger partial charge in [-0.2, -0.15) is 0 Å². The van der Waals surface area contributed by atoms with Crippen molar-refractivity contribution in [2.45, 2.75) is 45.7 Å². The van der Waals surface area contributed by atoms with Gasteiger partial charge in [0.1, 0.15) is 6.04 Å². The summed E-state index contributed by atoms with van der Waals surface area (Å²) >= 11 is 0. The number of nitrogens with zero attached hydrogens (tertiary/aromatic N) is 1. The van der Waals surface area contributed by atoms with Gasteiger partial charge >= 0.3 is 5.97 Å². The van der Waals surface area contributed by atoms with Crippen molar-refractivity contribution in [3.8, 4) is 0 Å². The van der Waals surface area contributed by atoms with Crippen LogP contribution in [0.5, 0.6) is 0 Å². The van der Waals surface area contributed by atoms with E-state index in [-0.39, 0.29) is 12.0 Å². The maximum Gasteiger partial charge on any atom is 0.324 e.